The van der Waals surface area contributed by atoms with Crippen molar-refractivity contribution in [3.8, 4) is 11.8 Å². The zero-order chi connectivity index (χ0) is 25.8. The number of carbonyl (C=O) groups is 2. The molecule has 9 heteroatoms. The number of carbonyl (C=O) groups excluding carboxylic acids is 2. The summed E-state index contributed by atoms with van der Waals surface area (Å²) in [4.78, 5) is 44.8. The molecule has 2 amide bonds. The van der Waals surface area contributed by atoms with Gasteiger partial charge in [-0.05, 0) is 38.7 Å². The van der Waals surface area contributed by atoms with Gasteiger partial charge in [-0.3, -0.25) is 14.2 Å². The summed E-state index contributed by atoms with van der Waals surface area (Å²) in [6, 6.07) is 7.82. The van der Waals surface area contributed by atoms with Gasteiger partial charge in [-0.2, -0.15) is 4.98 Å². The number of aryl methyl sites for hydroxylation is 1. The molecule has 1 saturated heterocycles. The van der Waals surface area contributed by atoms with Crippen LogP contribution in [-0.2, 0) is 17.9 Å². The van der Waals surface area contributed by atoms with Gasteiger partial charge in [0.25, 0.3) is 5.91 Å². The molecule has 0 aliphatic carbocycles. The summed E-state index contributed by atoms with van der Waals surface area (Å²) < 4.78 is 1.84. The van der Waals surface area contributed by atoms with Crippen LogP contribution >= 0.6 is 0 Å². The molecule has 36 heavy (non-hydrogen) atoms. The van der Waals surface area contributed by atoms with E-state index in [9.17, 15) is 9.59 Å². The van der Waals surface area contributed by atoms with Crippen LogP contribution in [0.25, 0.3) is 10.9 Å². The third-order valence-corrected chi connectivity index (χ3v) is 6.54. The number of anilines is 2. The summed E-state index contributed by atoms with van der Waals surface area (Å²) >= 11 is 0. The maximum atomic E-state index is 13.9. The molecule has 3 aromatic rings. The Hall–Kier alpha value is -3.93. The van der Waals surface area contributed by atoms with Crippen LogP contribution < -0.4 is 9.80 Å². The smallest absolute Gasteiger partial charge is 0.274 e. The summed E-state index contributed by atoms with van der Waals surface area (Å²) in [5.74, 6) is 7.79. The molecule has 0 N–H and O–H groups in total. The average Bonchev–Trinajstić information content (AvgIpc) is 3.25. The largest absolute Gasteiger partial charge is 0.342 e. The van der Waals surface area contributed by atoms with E-state index in [2.05, 4.69) is 33.6 Å². The van der Waals surface area contributed by atoms with Gasteiger partial charge in [-0.15, -0.1) is 5.92 Å². The van der Waals surface area contributed by atoms with Crippen molar-refractivity contribution in [1.82, 2.24) is 24.4 Å². The van der Waals surface area contributed by atoms with Crippen molar-refractivity contribution in [2.75, 3.05) is 37.0 Å². The molecule has 9 nitrogen and oxygen atoms in total. The first-order chi connectivity index (χ1) is 17.3. The number of fused-ring (bicyclic) bond motifs is 1. The average molecular weight is 488 g/mol. The Bertz CT molecular complexity index is 1340. The van der Waals surface area contributed by atoms with E-state index in [-0.39, 0.29) is 12.5 Å². The maximum absolute atomic E-state index is 13.9. The number of benzene rings is 1. The quantitative estimate of drug-likeness (QED) is 0.376. The molecule has 1 aliphatic heterocycles. The van der Waals surface area contributed by atoms with E-state index in [4.69, 9.17) is 4.98 Å². The van der Waals surface area contributed by atoms with Crippen molar-refractivity contribution in [1.29, 1.82) is 0 Å². The fraction of sp³-hybridized carbons (Fsp3) is 0.444. The van der Waals surface area contributed by atoms with Crippen LogP contribution in [-0.4, -0.2) is 63.9 Å². The molecule has 3 heterocycles. The van der Waals surface area contributed by atoms with E-state index in [1.165, 1.54) is 4.90 Å². The highest BCUT2D eigenvalue weighted by molar-refractivity contribution is 6.00. The maximum Gasteiger partial charge on any atom is 0.274 e. The number of hydrogen-bond donors (Lipinski definition) is 0. The Morgan fingerprint density at radius 3 is 2.72 bits per heavy atom. The lowest BCUT2D eigenvalue weighted by Crippen LogP contribution is -2.37. The number of nitrogens with zero attached hydrogens (tertiary/aromatic N) is 7. The molecule has 1 unspecified atom stereocenters. The van der Waals surface area contributed by atoms with Crippen molar-refractivity contribution < 1.29 is 9.59 Å². The number of amides is 2. The van der Waals surface area contributed by atoms with E-state index in [1.807, 2.05) is 35.8 Å². The van der Waals surface area contributed by atoms with Gasteiger partial charge in [0.05, 0.1) is 18.6 Å². The first-order valence-corrected chi connectivity index (χ1v) is 12.2. The number of piperidine rings is 1. The molecule has 1 atom stereocenters. The Morgan fingerprint density at radius 1 is 1.22 bits per heavy atom. The Balaban J connectivity index is 1.74. The van der Waals surface area contributed by atoms with Gasteiger partial charge < -0.3 is 14.7 Å². The highest BCUT2D eigenvalue weighted by Gasteiger charge is 2.31. The van der Waals surface area contributed by atoms with E-state index < -0.39 is 0 Å². The van der Waals surface area contributed by atoms with E-state index in [1.54, 1.807) is 25.9 Å². The molecule has 0 saturated carbocycles. The molecular weight excluding hydrogens is 454 g/mol. The van der Waals surface area contributed by atoms with Gasteiger partial charge in [0.2, 0.25) is 12.4 Å². The van der Waals surface area contributed by atoms with Crippen LogP contribution in [0.1, 0.15) is 48.7 Å². The van der Waals surface area contributed by atoms with Crippen LogP contribution in [0.2, 0.25) is 0 Å². The van der Waals surface area contributed by atoms with Crippen LogP contribution in [0.5, 0.6) is 0 Å². The minimum atomic E-state index is -0.269. The fourth-order valence-corrected chi connectivity index (χ4v) is 4.69. The lowest BCUT2D eigenvalue weighted by atomic mass is 10.0. The van der Waals surface area contributed by atoms with Gasteiger partial charge in [0, 0.05) is 38.3 Å². The minimum absolute atomic E-state index is 0.218. The second-order valence-electron chi connectivity index (χ2n) is 9.41. The van der Waals surface area contributed by atoms with Crippen molar-refractivity contribution in [3.05, 3.63) is 41.5 Å². The zero-order valence-electron chi connectivity index (χ0n) is 21.7. The molecule has 188 valence electrons. The standard InChI is InChI=1S/C27H33N7O2/c1-6-7-15-34-24(25(32(5)18-35)30-27(34)33-14-10-11-19(2)16-33)26(36)31(4)17-23-28-20(3)21-12-8-9-13-22(21)29-23/h8-9,12-13,18-19H,10-11,14-17H2,1-5H3. The summed E-state index contributed by atoms with van der Waals surface area (Å²) in [5, 5.41) is 0.988. The summed E-state index contributed by atoms with van der Waals surface area (Å²) in [6.07, 6.45) is 2.88. The lowest BCUT2D eigenvalue weighted by Gasteiger charge is -2.32. The molecule has 1 aliphatic rings. The Labute approximate surface area is 212 Å². The van der Waals surface area contributed by atoms with E-state index in [0.29, 0.717) is 42.2 Å². The second-order valence-corrected chi connectivity index (χ2v) is 9.41. The molecule has 4 rings (SSSR count). The molecule has 0 radical (unpaired) electrons. The van der Waals surface area contributed by atoms with Gasteiger partial charge in [-0.1, -0.05) is 31.0 Å². The Kier molecular flexibility index (Phi) is 7.53. The number of aromatic nitrogens is 4. The van der Waals surface area contributed by atoms with Crippen molar-refractivity contribution in [3.63, 3.8) is 0 Å². The molecule has 2 aromatic heterocycles. The predicted octanol–water partition coefficient (Wildman–Crippen LogP) is 3.26. The van der Waals surface area contributed by atoms with Crippen LogP contribution in [0, 0.1) is 24.7 Å². The second kappa shape index (κ2) is 10.8. The van der Waals surface area contributed by atoms with Crippen molar-refractivity contribution in [2.45, 2.75) is 46.7 Å². The predicted molar refractivity (Wildman–Crippen MR) is 141 cm³/mol. The van der Waals surface area contributed by atoms with Crippen LogP contribution in [0.4, 0.5) is 11.8 Å². The Morgan fingerprint density at radius 2 is 2.00 bits per heavy atom. The number of para-hydroxylation sites is 1. The first kappa shape index (κ1) is 25.2. The molecule has 0 spiro atoms. The van der Waals surface area contributed by atoms with Gasteiger partial charge in [0.1, 0.15) is 5.82 Å². The summed E-state index contributed by atoms with van der Waals surface area (Å²) in [6.45, 7) is 8.14. The zero-order valence-corrected chi connectivity index (χ0v) is 21.7. The number of hydrogen-bond acceptors (Lipinski definition) is 6. The first-order valence-electron chi connectivity index (χ1n) is 12.2. The van der Waals surface area contributed by atoms with Gasteiger partial charge in [0.15, 0.2) is 11.5 Å². The highest BCUT2D eigenvalue weighted by atomic mass is 16.2. The molecule has 0 bridgehead atoms. The number of imidazole rings is 1. The van der Waals surface area contributed by atoms with E-state index >= 15 is 0 Å². The molecule has 1 fully saturated rings. The third kappa shape index (κ3) is 5.03. The van der Waals surface area contributed by atoms with Crippen molar-refractivity contribution >= 4 is 35.0 Å². The summed E-state index contributed by atoms with van der Waals surface area (Å²) in [7, 11) is 3.33. The van der Waals surface area contributed by atoms with Crippen molar-refractivity contribution in [2.24, 2.45) is 5.92 Å². The monoisotopic (exact) mass is 487 g/mol. The topological polar surface area (TPSA) is 87.5 Å². The SMILES string of the molecule is CC#CCn1c(N2CCCC(C)C2)nc(N(C)C=O)c1C(=O)N(C)Cc1nc(C)c2ccccc2n1. The molecule has 1 aromatic carbocycles. The fourth-order valence-electron chi connectivity index (χ4n) is 4.69. The normalized spacial score (nSPS) is 15.4. The lowest BCUT2D eigenvalue weighted by molar-refractivity contribution is -0.107. The minimum Gasteiger partial charge on any atom is -0.342 e. The molecular formula is C27H33N7O2. The third-order valence-electron chi connectivity index (χ3n) is 6.54. The summed E-state index contributed by atoms with van der Waals surface area (Å²) in [5.41, 5.74) is 2.04. The number of rotatable bonds is 7. The van der Waals surface area contributed by atoms with Crippen LogP contribution in [0.3, 0.4) is 0 Å². The van der Waals surface area contributed by atoms with Crippen LogP contribution in [0.15, 0.2) is 24.3 Å². The van der Waals surface area contributed by atoms with Gasteiger partial charge in [-0.25, -0.2) is 9.97 Å². The highest BCUT2D eigenvalue weighted by Crippen LogP contribution is 2.30. The van der Waals surface area contributed by atoms with E-state index in [0.717, 1.165) is 42.5 Å². The van der Waals surface area contributed by atoms with Gasteiger partial charge >= 0.3 is 0 Å².